The molecule has 0 spiro atoms. The minimum absolute atomic E-state index is 0.324. The summed E-state index contributed by atoms with van der Waals surface area (Å²) in [7, 11) is 0. The maximum Gasteiger partial charge on any atom is 0.408 e. The highest BCUT2D eigenvalue weighted by atomic mass is 32.2. The Bertz CT molecular complexity index is 696. The average molecular weight is 380 g/mol. The van der Waals surface area contributed by atoms with Gasteiger partial charge in [0, 0.05) is 17.4 Å². The summed E-state index contributed by atoms with van der Waals surface area (Å²) in [5.41, 5.74) is 1.70. The maximum absolute atomic E-state index is 12.2. The lowest BCUT2D eigenvalue weighted by Crippen LogP contribution is -2.35. The minimum atomic E-state index is -0.568. The highest BCUT2D eigenvalue weighted by Gasteiger charge is 2.22. The summed E-state index contributed by atoms with van der Waals surface area (Å²) in [5.74, 6) is 0. The summed E-state index contributed by atoms with van der Waals surface area (Å²) < 4.78 is 16.8. The molecule has 6 nitrogen and oxygen atoms in total. The summed E-state index contributed by atoms with van der Waals surface area (Å²) in [5, 5.41) is 5.74. The molecule has 1 heterocycles. The number of alkyl carbamates (subject to hydrolysis) is 1. The number of carbonyl (C=O) groups excluding carboxylic acids is 1. The van der Waals surface area contributed by atoms with Crippen LogP contribution in [0, 0.1) is 19.1 Å². The molecule has 134 valence electrons. The van der Waals surface area contributed by atoms with Crippen LogP contribution in [-0.2, 0) is 11.2 Å². The molecule has 25 heavy (non-hydrogen) atoms. The van der Waals surface area contributed by atoms with Gasteiger partial charge in [-0.15, -0.1) is 11.3 Å². The second-order valence-electron chi connectivity index (χ2n) is 6.41. The molecule has 2 aromatic rings. The fourth-order valence-electron chi connectivity index (χ4n) is 2.08. The van der Waals surface area contributed by atoms with Crippen molar-refractivity contribution in [1.29, 1.82) is 0 Å². The first-order valence-electron chi connectivity index (χ1n) is 7.67. The molecule has 0 radical (unpaired) electrons. The maximum atomic E-state index is 12.2. The van der Waals surface area contributed by atoms with Crippen LogP contribution >= 0.6 is 23.6 Å². The second kappa shape index (κ2) is 8.43. The number of anilines is 1. The van der Waals surface area contributed by atoms with E-state index in [-0.39, 0.29) is 6.04 Å². The van der Waals surface area contributed by atoms with Gasteiger partial charge in [0.25, 0.3) is 0 Å². The summed E-state index contributed by atoms with van der Waals surface area (Å²) >= 11 is 2.04. The lowest BCUT2D eigenvalue weighted by atomic mass is 10.1. The van der Waals surface area contributed by atoms with E-state index in [1.165, 1.54) is 11.3 Å². The van der Waals surface area contributed by atoms with Crippen LogP contribution in [0.4, 0.5) is 10.5 Å². The van der Waals surface area contributed by atoms with Crippen LogP contribution in [-0.4, -0.2) is 21.2 Å². The molecule has 0 aliphatic rings. The summed E-state index contributed by atoms with van der Waals surface area (Å²) in [4.78, 5) is 16.6. The zero-order valence-electron chi connectivity index (χ0n) is 14.5. The summed E-state index contributed by atoms with van der Waals surface area (Å²) in [6, 6.07) is 9.25. The van der Waals surface area contributed by atoms with E-state index in [1.807, 2.05) is 39.1 Å². The molecule has 0 unspecified atom stereocenters. The van der Waals surface area contributed by atoms with Gasteiger partial charge in [-0.1, -0.05) is 6.07 Å². The van der Waals surface area contributed by atoms with E-state index in [1.54, 1.807) is 6.07 Å². The molecular weight excluding hydrogens is 358 g/mol. The first kappa shape index (κ1) is 19.4. The van der Waals surface area contributed by atoms with Crippen LogP contribution in [0.1, 0.15) is 43.1 Å². The normalized spacial score (nSPS) is 12.2. The monoisotopic (exact) mass is 379 g/mol. The van der Waals surface area contributed by atoms with Crippen molar-refractivity contribution >= 4 is 35.3 Å². The minimum Gasteiger partial charge on any atom is -0.444 e. The zero-order chi connectivity index (χ0) is 18.4. The predicted molar refractivity (Wildman–Crippen MR) is 101 cm³/mol. The fraction of sp³-hybridized carbons (Fsp3) is 0.412. The van der Waals surface area contributed by atoms with Crippen molar-refractivity contribution < 1.29 is 14.1 Å². The van der Waals surface area contributed by atoms with E-state index in [0.29, 0.717) is 24.3 Å². The number of rotatable bonds is 6. The molecule has 0 aliphatic carbocycles. The fourth-order valence-corrected chi connectivity index (χ4v) is 2.97. The van der Waals surface area contributed by atoms with Crippen molar-refractivity contribution in [1.82, 2.24) is 10.3 Å². The SMILES string of the molecule is Cc1nc([C@H](Cc2c#cc(NSO)cc2)NC(=O)OC(C)(C)C)cs1. The molecule has 3 N–H and O–H groups in total. The zero-order valence-corrected chi connectivity index (χ0v) is 16.2. The largest absolute Gasteiger partial charge is 0.444 e. The Kier molecular flexibility index (Phi) is 6.53. The molecule has 0 bridgehead atoms. The molecule has 1 atom stereocenters. The third-order valence-electron chi connectivity index (χ3n) is 3.07. The molecule has 2 rings (SSSR count). The number of hydrogen-bond acceptors (Lipinski definition) is 7. The van der Waals surface area contributed by atoms with E-state index in [2.05, 4.69) is 27.2 Å². The molecule has 1 aromatic heterocycles. The average Bonchev–Trinajstić information content (AvgIpc) is 2.93. The first-order chi connectivity index (χ1) is 11.8. The Morgan fingerprint density at radius 3 is 2.72 bits per heavy atom. The van der Waals surface area contributed by atoms with Gasteiger partial charge >= 0.3 is 6.09 Å². The van der Waals surface area contributed by atoms with E-state index in [4.69, 9.17) is 9.29 Å². The lowest BCUT2D eigenvalue weighted by Gasteiger charge is -2.23. The molecule has 0 fully saturated rings. The Labute approximate surface area is 156 Å². The van der Waals surface area contributed by atoms with Crippen LogP contribution in [0.25, 0.3) is 0 Å². The molecular formula is C17H21N3O3S2. The number of nitrogens with one attached hydrogen (secondary N) is 2. The summed E-state index contributed by atoms with van der Waals surface area (Å²) in [6.07, 6.45) is 0.0213. The molecule has 0 saturated heterocycles. The quantitative estimate of drug-likeness (QED) is 0.510. The standard InChI is InChI=1S/C17H21N3O3S2/c1-11-18-15(10-24-11)14(19-16(21)23-17(2,3)4)9-12-5-7-13(8-6-12)20-25-22/h5,7,10,14,20,22H,9H2,1-4H3,(H,19,21)/t14-/m0/s1. The number of aromatic nitrogens is 1. The summed E-state index contributed by atoms with van der Waals surface area (Å²) in [6.45, 7) is 7.39. The Morgan fingerprint density at radius 2 is 2.20 bits per heavy atom. The van der Waals surface area contributed by atoms with Crippen molar-refractivity contribution in [3.63, 3.8) is 0 Å². The number of carbonyl (C=O) groups is 1. The van der Waals surface area contributed by atoms with Gasteiger partial charge in [0.1, 0.15) is 17.8 Å². The number of thiazole rings is 1. The van der Waals surface area contributed by atoms with Crippen molar-refractivity contribution in [3.8, 4) is 0 Å². The molecule has 1 amide bonds. The number of amides is 1. The van der Waals surface area contributed by atoms with E-state index in [9.17, 15) is 4.79 Å². The number of aryl methyl sites for hydroxylation is 1. The van der Waals surface area contributed by atoms with Gasteiger partial charge in [0.2, 0.25) is 0 Å². The van der Waals surface area contributed by atoms with Gasteiger partial charge in [-0.05, 0) is 45.9 Å². The van der Waals surface area contributed by atoms with Gasteiger partial charge < -0.3 is 14.6 Å². The molecule has 0 saturated carbocycles. The van der Waals surface area contributed by atoms with Gasteiger partial charge in [-0.25, -0.2) is 9.78 Å². The molecule has 1 aromatic carbocycles. The van der Waals surface area contributed by atoms with Crippen LogP contribution in [0.5, 0.6) is 0 Å². The topological polar surface area (TPSA) is 83.5 Å². The van der Waals surface area contributed by atoms with Crippen LogP contribution in [0.3, 0.4) is 0 Å². The van der Waals surface area contributed by atoms with Crippen LogP contribution in [0.2, 0.25) is 0 Å². The van der Waals surface area contributed by atoms with Crippen LogP contribution in [0.15, 0.2) is 17.5 Å². The Hall–Kier alpha value is -1.95. The number of nitrogens with zero attached hydrogens (tertiary/aromatic N) is 1. The third kappa shape index (κ3) is 6.46. The van der Waals surface area contributed by atoms with Gasteiger partial charge in [-0.2, -0.15) is 0 Å². The van der Waals surface area contributed by atoms with Gasteiger partial charge in [-0.3, -0.25) is 4.72 Å². The Morgan fingerprint density at radius 1 is 1.44 bits per heavy atom. The van der Waals surface area contributed by atoms with E-state index < -0.39 is 11.7 Å². The van der Waals surface area contributed by atoms with Crippen molar-refractivity contribution in [2.45, 2.75) is 45.8 Å². The number of hydrogen-bond donors (Lipinski definition) is 3. The van der Waals surface area contributed by atoms with Crippen molar-refractivity contribution in [2.75, 3.05) is 4.72 Å². The highest BCUT2D eigenvalue weighted by Crippen LogP contribution is 2.21. The first-order valence-corrected chi connectivity index (χ1v) is 9.33. The van der Waals surface area contributed by atoms with Crippen molar-refractivity contribution in [2.24, 2.45) is 0 Å². The third-order valence-corrected chi connectivity index (χ3v) is 4.18. The van der Waals surface area contributed by atoms with Gasteiger partial charge in [0.15, 0.2) is 0 Å². The smallest absolute Gasteiger partial charge is 0.408 e. The number of ether oxygens (including phenoxy) is 1. The molecule has 8 heteroatoms. The van der Waals surface area contributed by atoms with E-state index >= 15 is 0 Å². The van der Waals surface area contributed by atoms with Gasteiger partial charge in [0.05, 0.1) is 22.4 Å². The molecule has 0 aliphatic heterocycles. The van der Waals surface area contributed by atoms with E-state index in [0.717, 1.165) is 16.3 Å². The lowest BCUT2D eigenvalue weighted by molar-refractivity contribution is 0.0502. The Balaban J connectivity index is 2.13. The van der Waals surface area contributed by atoms with Crippen LogP contribution < -0.4 is 10.0 Å². The second-order valence-corrected chi connectivity index (χ2v) is 7.86. The predicted octanol–water partition coefficient (Wildman–Crippen LogP) is 4.39. The highest BCUT2D eigenvalue weighted by molar-refractivity contribution is 7.95. The van der Waals surface area contributed by atoms with Crippen molar-refractivity contribution in [3.05, 3.63) is 45.9 Å².